The highest BCUT2D eigenvalue weighted by Crippen LogP contribution is 2.01. The Morgan fingerprint density at radius 3 is 2.43 bits per heavy atom. The third kappa shape index (κ3) is 5.34. The Morgan fingerprint density at radius 1 is 1.30 bits per heavy atom. The second kappa shape index (κ2) is 8.86. The first-order chi connectivity index (χ1) is 10.9. The quantitative estimate of drug-likeness (QED) is 0.619. The number of amides is 1. The number of nitrogens with zero attached hydrogens (tertiary/aromatic N) is 3. The van der Waals surface area contributed by atoms with Gasteiger partial charge < -0.3 is 15.2 Å². The van der Waals surface area contributed by atoms with Gasteiger partial charge in [0.2, 0.25) is 5.91 Å². The molecule has 10 heteroatoms. The largest absolute Gasteiger partial charge is 0.483 e. The van der Waals surface area contributed by atoms with Gasteiger partial charge in [-0.25, -0.2) is 4.79 Å². The standard InChI is InChI=1S/C12H18N4O4.CH2O2/c1-14-9(7-11(18)15(2)12(14)19)13-10(17)8-16-3-5-20-6-4-16;2-1-3/h7H,3-6,8H2,1-2H3,(H,13,17);1H,(H,2,3). The third-order valence-electron chi connectivity index (χ3n) is 3.26. The second-order valence-electron chi connectivity index (χ2n) is 4.81. The topological polar surface area (TPSA) is 123 Å². The van der Waals surface area contributed by atoms with Crippen molar-refractivity contribution in [2.75, 3.05) is 38.2 Å². The van der Waals surface area contributed by atoms with Crippen LogP contribution in [0.5, 0.6) is 0 Å². The van der Waals surface area contributed by atoms with Crippen molar-refractivity contribution in [1.82, 2.24) is 14.0 Å². The fourth-order valence-corrected chi connectivity index (χ4v) is 2.00. The summed E-state index contributed by atoms with van der Waals surface area (Å²) in [6.45, 7) is 2.58. The van der Waals surface area contributed by atoms with Crippen molar-refractivity contribution in [2.24, 2.45) is 14.1 Å². The molecule has 23 heavy (non-hydrogen) atoms. The van der Waals surface area contributed by atoms with Gasteiger partial charge in [-0.05, 0) is 0 Å². The van der Waals surface area contributed by atoms with Gasteiger partial charge in [-0.15, -0.1) is 0 Å². The van der Waals surface area contributed by atoms with E-state index in [-0.39, 0.29) is 24.7 Å². The predicted octanol–water partition coefficient (Wildman–Crippen LogP) is -1.94. The molecule has 0 atom stereocenters. The van der Waals surface area contributed by atoms with Crippen molar-refractivity contribution in [3.05, 3.63) is 26.9 Å². The van der Waals surface area contributed by atoms with Gasteiger partial charge in [0.05, 0.1) is 19.8 Å². The number of aromatic nitrogens is 2. The number of hydrogen-bond donors (Lipinski definition) is 2. The number of morpholine rings is 1. The van der Waals surface area contributed by atoms with E-state index in [0.717, 1.165) is 4.57 Å². The van der Waals surface area contributed by atoms with E-state index in [1.807, 2.05) is 4.90 Å². The van der Waals surface area contributed by atoms with Crippen LogP contribution < -0.4 is 16.6 Å². The molecule has 1 amide bonds. The van der Waals surface area contributed by atoms with Gasteiger partial charge in [-0.1, -0.05) is 0 Å². The normalized spacial score (nSPS) is 14.5. The van der Waals surface area contributed by atoms with Crippen LogP contribution in [0.2, 0.25) is 0 Å². The zero-order valence-electron chi connectivity index (χ0n) is 13.0. The van der Waals surface area contributed by atoms with Crippen molar-refractivity contribution >= 4 is 18.2 Å². The summed E-state index contributed by atoms with van der Waals surface area (Å²) in [5.41, 5.74) is -0.922. The van der Waals surface area contributed by atoms with E-state index < -0.39 is 11.2 Å². The molecule has 1 fully saturated rings. The van der Waals surface area contributed by atoms with Gasteiger partial charge in [0.1, 0.15) is 5.82 Å². The van der Waals surface area contributed by atoms with E-state index in [0.29, 0.717) is 26.3 Å². The Hall–Kier alpha value is -2.46. The molecule has 1 aromatic rings. The zero-order chi connectivity index (χ0) is 17.4. The smallest absolute Gasteiger partial charge is 0.332 e. The molecule has 2 heterocycles. The molecule has 0 aromatic carbocycles. The molecule has 10 nitrogen and oxygen atoms in total. The second-order valence-corrected chi connectivity index (χ2v) is 4.81. The van der Waals surface area contributed by atoms with Crippen LogP contribution in [0.3, 0.4) is 0 Å². The molecule has 1 aromatic heterocycles. The monoisotopic (exact) mass is 328 g/mol. The number of carbonyl (C=O) groups excluding carboxylic acids is 1. The minimum Gasteiger partial charge on any atom is -0.483 e. The van der Waals surface area contributed by atoms with Gasteiger partial charge in [-0.3, -0.25) is 28.4 Å². The summed E-state index contributed by atoms with van der Waals surface area (Å²) in [7, 11) is 2.90. The highest BCUT2D eigenvalue weighted by atomic mass is 16.5. The molecule has 0 unspecified atom stereocenters. The molecule has 0 aliphatic carbocycles. The Bertz CT molecular complexity index is 659. The number of carboxylic acid groups (broad SMARTS) is 1. The van der Waals surface area contributed by atoms with E-state index in [4.69, 9.17) is 14.6 Å². The highest BCUT2D eigenvalue weighted by Gasteiger charge is 2.15. The number of hydrogen-bond acceptors (Lipinski definition) is 6. The van der Waals surface area contributed by atoms with Crippen molar-refractivity contribution in [1.29, 1.82) is 0 Å². The van der Waals surface area contributed by atoms with Crippen LogP contribution in [-0.2, 0) is 28.4 Å². The first-order valence-corrected chi connectivity index (χ1v) is 6.85. The molecule has 2 rings (SSSR count). The van der Waals surface area contributed by atoms with Gasteiger partial charge in [-0.2, -0.15) is 0 Å². The summed E-state index contributed by atoms with van der Waals surface area (Å²) in [5.74, 6) is -0.0495. The van der Waals surface area contributed by atoms with Crippen LogP contribution in [0.15, 0.2) is 15.7 Å². The lowest BCUT2D eigenvalue weighted by Crippen LogP contribution is -2.42. The maximum Gasteiger partial charge on any atom is 0.332 e. The van der Waals surface area contributed by atoms with Gasteiger partial charge >= 0.3 is 5.69 Å². The molecular formula is C13H20N4O6. The summed E-state index contributed by atoms with van der Waals surface area (Å²) in [6.07, 6.45) is 0. The fourth-order valence-electron chi connectivity index (χ4n) is 2.00. The zero-order valence-corrected chi connectivity index (χ0v) is 13.0. The lowest BCUT2D eigenvalue weighted by molar-refractivity contribution is -0.123. The van der Waals surface area contributed by atoms with E-state index in [9.17, 15) is 14.4 Å². The minimum atomic E-state index is -0.473. The minimum absolute atomic E-state index is 0.205. The maximum atomic E-state index is 11.9. The van der Waals surface area contributed by atoms with E-state index >= 15 is 0 Å². The Labute approximate surface area is 131 Å². The van der Waals surface area contributed by atoms with Gasteiger partial charge in [0.15, 0.2) is 0 Å². The van der Waals surface area contributed by atoms with Crippen molar-refractivity contribution < 1.29 is 19.4 Å². The first-order valence-electron chi connectivity index (χ1n) is 6.85. The Morgan fingerprint density at radius 2 is 1.87 bits per heavy atom. The van der Waals surface area contributed by atoms with Crippen molar-refractivity contribution in [2.45, 2.75) is 0 Å². The molecule has 0 bridgehead atoms. The molecule has 0 spiro atoms. The van der Waals surface area contributed by atoms with Crippen molar-refractivity contribution in [3.8, 4) is 0 Å². The average Bonchev–Trinajstić information content (AvgIpc) is 2.52. The van der Waals surface area contributed by atoms with Gasteiger partial charge in [0.25, 0.3) is 12.0 Å². The van der Waals surface area contributed by atoms with Crippen LogP contribution >= 0.6 is 0 Å². The molecule has 1 saturated heterocycles. The number of nitrogens with one attached hydrogen (secondary N) is 1. The first kappa shape index (κ1) is 18.6. The number of carbonyl (C=O) groups is 2. The molecule has 0 saturated carbocycles. The summed E-state index contributed by atoms with van der Waals surface area (Å²) < 4.78 is 7.42. The molecule has 2 N–H and O–H groups in total. The van der Waals surface area contributed by atoms with Crippen LogP contribution in [0.4, 0.5) is 5.82 Å². The molecule has 0 radical (unpaired) electrons. The summed E-state index contributed by atoms with van der Waals surface area (Å²) in [5, 5.41) is 9.48. The molecule has 1 aliphatic heterocycles. The maximum absolute atomic E-state index is 11.9. The van der Waals surface area contributed by atoms with E-state index in [1.165, 1.54) is 24.7 Å². The Balaban J connectivity index is 0.000000816. The molecule has 1 aliphatic rings. The molecular weight excluding hydrogens is 308 g/mol. The van der Waals surface area contributed by atoms with E-state index in [2.05, 4.69) is 5.32 Å². The number of rotatable bonds is 3. The summed E-state index contributed by atoms with van der Waals surface area (Å²) in [4.78, 5) is 45.5. The SMILES string of the molecule is Cn1c(NC(=O)CN2CCOCC2)cc(=O)n(C)c1=O.O=CO. The predicted molar refractivity (Wildman–Crippen MR) is 81.5 cm³/mol. The van der Waals surface area contributed by atoms with E-state index in [1.54, 1.807) is 0 Å². The lowest BCUT2D eigenvalue weighted by Gasteiger charge is -2.25. The highest BCUT2D eigenvalue weighted by molar-refractivity contribution is 5.91. The Kier molecular flexibility index (Phi) is 7.16. The number of anilines is 1. The number of ether oxygens (including phenoxy) is 1. The summed E-state index contributed by atoms with van der Waals surface area (Å²) in [6, 6.07) is 1.23. The molecule has 128 valence electrons. The fraction of sp³-hybridized carbons (Fsp3) is 0.538. The van der Waals surface area contributed by atoms with Crippen LogP contribution in [-0.4, -0.2) is 64.4 Å². The van der Waals surface area contributed by atoms with Crippen LogP contribution in [0.1, 0.15) is 0 Å². The summed E-state index contributed by atoms with van der Waals surface area (Å²) >= 11 is 0. The van der Waals surface area contributed by atoms with Crippen molar-refractivity contribution in [3.63, 3.8) is 0 Å². The lowest BCUT2D eigenvalue weighted by atomic mass is 10.4. The van der Waals surface area contributed by atoms with Crippen LogP contribution in [0, 0.1) is 0 Å². The third-order valence-corrected chi connectivity index (χ3v) is 3.26. The van der Waals surface area contributed by atoms with Gasteiger partial charge in [0, 0.05) is 33.3 Å². The van der Waals surface area contributed by atoms with Crippen LogP contribution in [0.25, 0.3) is 0 Å². The average molecular weight is 328 g/mol.